The summed E-state index contributed by atoms with van der Waals surface area (Å²) in [5.41, 5.74) is 2.76. The summed E-state index contributed by atoms with van der Waals surface area (Å²) < 4.78 is 38.4. The SMILES string of the molecule is NNc1cc(C(F)(F)F)cc(Sc2nncs2)n1. The molecule has 0 atom stereocenters. The minimum absolute atomic E-state index is 0.0585. The number of rotatable bonds is 3. The number of nitrogens with zero attached hydrogens (tertiary/aromatic N) is 3. The molecule has 0 aliphatic heterocycles. The van der Waals surface area contributed by atoms with Crippen LogP contribution in [0.5, 0.6) is 0 Å². The van der Waals surface area contributed by atoms with Gasteiger partial charge in [-0.2, -0.15) is 13.2 Å². The van der Waals surface area contributed by atoms with Crippen molar-refractivity contribution in [3.8, 4) is 0 Å². The normalized spacial score (nSPS) is 11.6. The Labute approximate surface area is 108 Å². The van der Waals surface area contributed by atoms with Crippen molar-refractivity contribution in [1.29, 1.82) is 0 Å². The number of halogens is 3. The van der Waals surface area contributed by atoms with Crippen LogP contribution in [0.2, 0.25) is 0 Å². The van der Waals surface area contributed by atoms with Crippen LogP contribution in [0, 0.1) is 0 Å². The smallest absolute Gasteiger partial charge is 0.308 e. The van der Waals surface area contributed by atoms with Crippen molar-refractivity contribution in [3.63, 3.8) is 0 Å². The highest BCUT2D eigenvalue weighted by atomic mass is 32.2. The van der Waals surface area contributed by atoms with Crippen LogP contribution >= 0.6 is 23.1 Å². The summed E-state index contributed by atoms with van der Waals surface area (Å²) >= 11 is 2.20. The molecule has 0 radical (unpaired) electrons. The van der Waals surface area contributed by atoms with Gasteiger partial charge in [-0.15, -0.1) is 10.2 Å². The van der Waals surface area contributed by atoms with E-state index in [0.29, 0.717) is 4.34 Å². The Bertz CT molecular complexity index is 528. The average Bonchev–Trinajstić information content (AvgIpc) is 2.80. The van der Waals surface area contributed by atoms with Crippen LogP contribution in [0.3, 0.4) is 0 Å². The molecule has 0 aliphatic carbocycles. The average molecular weight is 293 g/mol. The summed E-state index contributed by atoms with van der Waals surface area (Å²) in [4.78, 5) is 3.91. The Kier molecular flexibility index (Phi) is 3.68. The fourth-order valence-electron chi connectivity index (χ4n) is 1.09. The van der Waals surface area contributed by atoms with Gasteiger partial charge in [0.2, 0.25) is 0 Å². The van der Waals surface area contributed by atoms with Crippen LogP contribution in [0.15, 0.2) is 27.0 Å². The highest BCUT2D eigenvalue weighted by Crippen LogP contribution is 2.35. The summed E-state index contributed by atoms with van der Waals surface area (Å²) in [6.07, 6.45) is -4.45. The predicted molar refractivity (Wildman–Crippen MR) is 61.1 cm³/mol. The van der Waals surface area contributed by atoms with Gasteiger partial charge < -0.3 is 5.43 Å². The van der Waals surface area contributed by atoms with Crippen molar-refractivity contribution in [2.24, 2.45) is 5.84 Å². The minimum Gasteiger partial charge on any atom is -0.308 e. The first-order chi connectivity index (χ1) is 8.49. The maximum Gasteiger partial charge on any atom is 0.416 e. The molecule has 0 unspecified atom stereocenters. The number of aromatic nitrogens is 3. The molecular formula is C8H6F3N5S2. The first kappa shape index (κ1) is 13.1. The molecule has 10 heteroatoms. The van der Waals surface area contributed by atoms with Crippen LogP contribution in [0.4, 0.5) is 19.0 Å². The fourth-order valence-corrected chi connectivity index (χ4v) is 2.55. The van der Waals surface area contributed by atoms with Gasteiger partial charge in [0.15, 0.2) is 4.34 Å². The molecule has 18 heavy (non-hydrogen) atoms. The fraction of sp³-hybridized carbons (Fsp3) is 0.125. The van der Waals surface area contributed by atoms with E-state index in [1.807, 2.05) is 0 Å². The lowest BCUT2D eigenvalue weighted by molar-refractivity contribution is -0.137. The molecule has 2 aromatic rings. The molecule has 2 heterocycles. The first-order valence-electron chi connectivity index (χ1n) is 4.49. The quantitative estimate of drug-likeness (QED) is 0.668. The maximum atomic E-state index is 12.6. The molecule has 2 aromatic heterocycles. The topological polar surface area (TPSA) is 76.7 Å². The van der Waals surface area contributed by atoms with Crippen LogP contribution in [-0.2, 0) is 6.18 Å². The Morgan fingerprint density at radius 3 is 2.67 bits per heavy atom. The number of hydrogen-bond acceptors (Lipinski definition) is 7. The summed E-state index contributed by atoms with van der Waals surface area (Å²) in [5.74, 6) is 5.03. The summed E-state index contributed by atoms with van der Waals surface area (Å²) in [6.45, 7) is 0. The second-order valence-corrected chi connectivity index (χ2v) is 5.13. The van der Waals surface area contributed by atoms with E-state index in [4.69, 9.17) is 5.84 Å². The molecule has 2 rings (SSSR count). The maximum absolute atomic E-state index is 12.6. The van der Waals surface area contributed by atoms with Gasteiger partial charge in [0.1, 0.15) is 16.4 Å². The van der Waals surface area contributed by atoms with Gasteiger partial charge in [-0.05, 0) is 23.9 Å². The lowest BCUT2D eigenvalue weighted by atomic mass is 10.2. The molecule has 0 saturated carbocycles. The van der Waals surface area contributed by atoms with Crippen LogP contribution in [0.1, 0.15) is 5.56 Å². The number of anilines is 1. The molecule has 5 nitrogen and oxygen atoms in total. The predicted octanol–water partition coefficient (Wildman–Crippen LogP) is 2.39. The third-order valence-corrected chi connectivity index (χ3v) is 3.51. The van der Waals surface area contributed by atoms with E-state index in [0.717, 1.165) is 23.9 Å². The van der Waals surface area contributed by atoms with E-state index in [-0.39, 0.29) is 10.8 Å². The highest BCUT2D eigenvalue weighted by molar-refractivity contribution is 8.00. The first-order valence-corrected chi connectivity index (χ1v) is 6.18. The zero-order valence-corrected chi connectivity index (χ0v) is 10.2. The van der Waals surface area contributed by atoms with E-state index in [2.05, 4.69) is 20.6 Å². The molecule has 0 bridgehead atoms. The van der Waals surface area contributed by atoms with Crippen molar-refractivity contribution < 1.29 is 13.2 Å². The Balaban J connectivity index is 2.35. The summed E-state index contributed by atoms with van der Waals surface area (Å²) in [5, 5.41) is 7.45. The third kappa shape index (κ3) is 3.09. The molecule has 3 N–H and O–H groups in total. The summed E-state index contributed by atoms with van der Waals surface area (Å²) in [6, 6.07) is 1.77. The van der Waals surface area contributed by atoms with Crippen LogP contribution in [0.25, 0.3) is 0 Å². The largest absolute Gasteiger partial charge is 0.416 e. The molecule has 0 amide bonds. The number of nitrogens with two attached hydrogens (primary N) is 1. The molecule has 0 aliphatic rings. The van der Waals surface area contributed by atoms with Gasteiger partial charge in [-0.1, -0.05) is 11.3 Å². The molecular weight excluding hydrogens is 287 g/mol. The van der Waals surface area contributed by atoms with Crippen molar-refractivity contribution >= 4 is 28.9 Å². The Hall–Kier alpha value is -1.39. The minimum atomic E-state index is -4.45. The zero-order valence-electron chi connectivity index (χ0n) is 8.60. The van der Waals surface area contributed by atoms with Gasteiger partial charge >= 0.3 is 6.18 Å². The highest BCUT2D eigenvalue weighted by Gasteiger charge is 2.31. The number of pyridine rings is 1. The lowest BCUT2D eigenvalue weighted by Crippen LogP contribution is -2.12. The molecule has 0 spiro atoms. The van der Waals surface area contributed by atoms with Gasteiger partial charge in [0.25, 0.3) is 0 Å². The zero-order chi connectivity index (χ0) is 13.2. The molecule has 0 fully saturated rings. The van der Waals surface area contributed by atoms with E-state index in [1.54, 1.807) is 0 Å². The van der Waals surface area contributed by atoms with E-state index >= 15 is 0 Å². The number of alkyl halides is 3. The van der Waals surface area contributed by atoms with E-state index < -0.39 is 11.7 Å². The van der Waals surface area contributed by atoms with Crippen molar-refractivity contribution in [2.45, 2.75) is 15.5 Å². The standard InChI is InChI=1S/C8H6F3N5S2/c9-8(10,11)4-1-5(15-12)14-6(2-4)18-7-16-13-3-17-7/h1-3H,12H2,(H,14,15). The van der Waals surface area contributed by atoms with Gasteiger partial charge in [0.05, 0.1) is 5.56 Å². The number of hydrogen-bond donors (Lipinski definition) is 2. The summed E-state index contributed by atoms with van der Waals surface area (Å²) in [7, 11) is 0. The Morgan fingerprint density at radius 1 is 1.33 bits per heavy atom. The van der Waals surface area contributed by atoms with Gasteiger partial charge in [0, 0.05) is 0 Å². The van der Waals surface area contributed by atoms with Crippen molar-refractivity contribution in [1.82, 2.24) is 15.2 Å². The van der Waals surface area contributed by atoms with Crippen molar-refractivity contribution in [2.75, 3.05) is 5.43 Å². The van der Waals surface area contributed by atoms with Crippen LogP contribution < -0.4 is 11.3 Å². The van der Waals surface area contributed by atoms with Crippen molar-refractivity contribution in [3.05, 3.63) is 23.2 Å². The lowest BCUT2D eigenvalue weighted by Gasteiger charge is -2.10. The molecule has 0 aromatic carbocycles. The van der Waals surface area contributed by atoms with E-state index in [1.165, 1.54) is 16.8 Å². The number of hydrazine groups is 1. The van der Waals surface area contributed by atoms with Gasteiger partial charge in [-0.3, -0.25) is 0 Å². The number of nitrogen functional groups attached to an aromatic ring is 1. The number of nitrogens with one attached hydrogen (secondary N) is 1. The Morgan fingerprint density at radius 2 is 2.11 bits per heavy atom. The van der Waals surface area contributed by atoms with E-state index in [9.17, 15) is 13.2 Å². The third-order valence-electron chi connectivity index (χ3n) is 1.81. The second kappa shape index (κ2) is 5.08. The molecule has 0 saturated heterocycles. The monoisotopic (exact) mass is 293 g/mol. The van der Waals surface area contributed by atoms with Crippen LogP contribution in [-0.4, -0.2) is 15.2 Å². The molecule has 96 valence electrons. The van der Waals surface area contributed by atoms with Gasteiger partial charge in [-0.25, -0.2) is 10.8 Å². The second-order valence-electron chi connectivity index (χ2n) is 3.03.